The second-order valence-electron chi connectivity index (χ2n) is 7.36. The molecule has 3 aromatic rings. The SMILES string of the molecule is CC[C@@H](Oc1cc(C)ccc1C)C(=O)N(C)Cc1nc(-c2cccc(C)c2)no1. The predicted octanol–water partition coefficient (Wildman–Crippen LogP) is 4.48. The molecule has 0 saturated heterocycles. The van der Waals surface area contributed by atoms with E-state index in [9.17, 15) is 4.79 Å². The van der Waals surface area contributed by atoms with E-state index in [1.54, 1.807) is 11.9 Å². The van der Waals surface area contributed by atoms with Crippen LogP contribution >= 0.6 is 0 Å². The van der Waals surface area contributed by atoms with Gasteiger partial charge in [0.15, 0.2) is 6.10 Å². The lowest BCUT2D eigenvalue weighted by molar-refractivity contribution is -0.138. The van der Waals surface area contributed by atoms with E-state index in [1.165, 1.54) is 0 Å². The van der Waals surface area contributed by atoms with Gasteiger partial charge >= 0.3 is 0 Å². The van der Waals surface area contributed by atoms with Gasteiger partial charge in [0, 0.05) is 12.6 Å². The lowest BCUT2D eigenvalue weighted by Gasteiger charge is -2.23. The molecule has 152 valence electrons. The third kappa shape index (κ3) is 5.02. The number of ether oxygens (including phenoxy) is 1. The maximum atomic E-state index is 12.9. The highest BCUT2D eigenvalue weighted by molar-refractivity contribution is 5.81. The first-order valence-electron chi connectivity index (χ1n) is 9.76. The van der Waals surface area contributed by atoms with E-state index in [4.69, 9.17) is 9.26 Å². The summed E-state index contributed by atoms with van der Waals surface area (Å²) in [5.41, 5.74) is 4.11. The van der Waals surface area contributed by atoms with E-state index in [-0.39, 0.29) is 12.5 Å². The zero-order valence-corrected chi connectivity index (χ0v) is 17.6. The van der Waals surface area contributed by atoms with Crippen LogP contribution < -0.4 is 4.74 Å². The number of aromatic nitrogens is 2. The summed E-state index contributed by atoms with van der Waals surface area (Å²) in [5, 5.41) is 4.04. The van der Waals surface area contributed by atoms with Crippen LogP contribution in [-0.2, 0) is 11.3 Å². The first-order valence-corrected chi connectivity index (χ1v) is 9.76. The molecule has 2 aromatic carbocycles. The number of nitrogens with zero attached hydrogens (tertiary/aromatic N) is 3. The van der Waals surface area contributed by atoms with Crippen molar-refractivity contribution in [2.75, 3.05) is 7.05 Å². The van der Waals surface area contributed by atoms with Crippen molar-refractivity contribution in [1.82, 2.24) is 15.0 Å². The molecule has 1 amide bonds. The van der Waals surface area contributed by atoms with Crippen LogP contribution in [0.15, 0.2) is 47.0 Å². The monoisotopic (exact) mass is 393 g/mol. The molecule has 1 atom stereocenters. The molecule has 0 aliphatic rings. The van der Waals surface area contributed by atoms with Crippen molar-refractivity contribution in [2.24, 2.45) is 0 Å². The van der Waals surface area contributed by atoms with Crippen LogP contribution in [0.3, 0.4) is 0 Å². The van der Waals surface area contributed by atoms with Gasteiger partial charge in [0.1, 0.15) is 5.75 Å². The molecule has 0 spiro atoms. The van der Waals surface area contributed by atoms with Crippen LogP contribution in [-0.4, -0.2) is 34.1 Å². The zero-order valence-electron chi connectivity index (χ0n) is 17.6. The smallest absolute Gasteiger partial charge is 0.263 e. The molecule has 0 N–H and O–H groups in total. The largest absolute Gasteiger partial charge is 0.480 e. The topological polar surface area (TPSA) is 68.5 Å². The van der Waals surface area contributed by atoms with Gasteiger partial charge in [-0.15, -0.1) is 0 Å². The molecule has 0 aliphatic carbocycles. The number of likely N-dealkylation sites (N-methyl/N-ethyl adjacent to an activating group) is 1. The van der Waals surface area contributed by atoms with Crippen LogP contribution in [0.2, 0.25) is 0 Å². The fraction of sp³-hybridized carbons (Fsp3) is 0.348. The normalized spacial score (nSPS) is 11.9. The first kappa shape index (κ1) is 20.6. The second-order valence-corrected chi connectivity index (χ2v) is 7.36. The minimum absolute atomic E-state index is 0.122. The Bertz CT molecular complexity index is 997. The number of benzene rings is 2. The van der Waals surface area contributed by atoms with Gasteiger partial charge in [0.25, 0.3) is 5.91 Å². The maximum Gasteiger partial charge on any atom is 0.263 e. The summed E-state index contributed by atoms with van der Waals surface area (Å²) in [4.78, 5) is 18.9. The number of carbonyl (C=O) groups is 1. The summed E-state index contributed by atoms with van der Waals surface area (Å²) in [7, 11) is 1.72. The minimum Gasteiger partial charge on any atom is -0.480 e. The van der Waals surface area contributed by atoms with Gasteiger partial charge < -0.3 is 14.2 Å². The van der Waals surface area contributed by atoms with E-state index in [1.807, 2.05) is 70.2 Å². The van der Waals surface area contributed by atoms with Crippen molar-refractivity contribution in [3.8, 4) is 17.1 Å². The lowest BCUT2D eigenvalue weighted by atomic mass is 10.1. The third-order valence-corrected chi connectivity index (χ3v) is 4.75. The number of rotatable bonds is 7. The average Bonchev–Trinajstić information content (AvgIpc) is 3.16. The van der Waals surface area contributed by atoms with E-state index in [0.717, 1.165) is 28.0 Å². The molecule has 0 radical (unpaired) electrons. The van der Waals surface area contributed by atoms with Gasteiger partial charge in [-0.2, -0.15) is 4.98 Å². The molecule has 1 aromatic heterocycles. The summed E-state index contributed by atoms with van der Waals surface area (Å²) in [6.45, 7) is 8.15. The lowest BCUT2D eigenvalue weighted by Crippen LogP contribution is -2.39. The Morgan fingerprint density at radius 2 is 1.90 bits per heavy atom. The first-order chi connectivity index (χ1) is 13.9. The van der Waals surface area contributed by atoms with Crippen LogP contribution in [0.5, 0.6) is 5.75 Å². The van der Waals surface area contributed by atoms with E-state index < -0.39 is 6.10 Å². The molecule has 0 fully saturated rings. The van der Waals surface area contributed by atoms with Gasteiger partial charge in [0.05, 0.1) is 6.54 Å². The Balaban J connectivity index is 1.68. The molecule has 0 saturated carbocycles. The van der Waals surface area contributed by atoms with Crippen LogP contribution in [0.4, 0.5) is 0 Å². The number of amides is 1. The number of aryl methyl sites for hydroxylation is 3. The second kappa shape index (κ2) is 8.90. The Hall–Kier alpha value is -3.15. The van der Waals surface area contributed by atoms with Crippen molar-refractivity contribution in [3.05, 3.63) is 65.0 Å². The average molecular weight is 393 g/mol. The summed E-state index contributed by atoms with van der Waals surface area (Å²) >= 11 is 0. The van der Waals surface area contributed by atoms with Gasteiger partial charge in [-0.3, -0.25) is 4.79 Å². The fourth-order valence-electron chi connectivity index (χ4n) is 3.04. The van der Waals surface area contributed by atoms with Gasteiger partial charge in [-0.1, -0.05) is 48.0 Å². The van der Waals surface area contributed by atoms with Crippen molar-refractivity contribution >= 4 is 5.91 Å². The highest BCUT2D eigenvalue weighted by Gasteiger charge is 2.24. The summed E-state index contributed by atoms with van der Waals surface area (Å²) < 4.78 is 11.4. The molecule has 0 aliphatic heterocycles. The minimum atomic E-state index is -0.570. The maximum absolute atomic E-state index is 12.9. The van der Waals surface area contributed by atoms with Crippen LogP contribution in [0, 0.1) is 20.8 Å². The molecule has 6 heteroatoms. The Morgan fingerprint density at radius 3 is 2.62 bits per heavy atom. The number of hydrogen-bond donors (Lipinski definition) is 0. The summed E-state index contributed by atoms with van der Waals surface area (Å²) in [6, 6.07) is 13.9. The highest BCUT2D eigenvalue weighted by atomic mass is 16.5. The summed E-state index contributed by atoms with van der Waals surface area (Å²) in [6.07, 6.45) is -0.00534. The predicted molar refractivity (Wildman–Crippen MR) is 112 cm³/mol. The standard InChI is InChI=1S/C23H27N3O3/c1-6-19(28-20-13-16(3)10-11-17(20)4)23(27)26(5)14-21-24-22(25-29-21)18-9-7-8-15(2)12-18/h7-13,19H,6,14H2,1-5H3/t19-/m1/s1. The van der Waals surface area contributed by atoms with Crippen LogP contribution in [0.1, 0.15) is 35.9 Å². The Kier molecular flexibility index (Phi) is 6.32. The van der Waals surface area contributed by atoms with Crippen molar-refractivity contribution in [1.29, 1.82) is 0 Å². The molecule has 3 rings (SSSR count). The van der Waals surface area contributed by atoms with E-state index in [2.05, 4.69) is 10.1 Å². The Morgan fingerprint density at radius 1 is 1.14 bits per heavy atom. The van der Waals surface area contributed by atoms with E-state index in [0.29, 0.717) is 18.1 Å². The van der Waals surface area contributed by atoms with Gasteiger partial charge in [-0.05, 0) is 50.5 Å². The quantitative estimate of drug-likeness (QED) is 0.592. The van der Waals surface area contributed by atoms with Gasteiger partial charge in [-0.25, -0.2) is 0 Å². The zero-order chi connectivity index (χ0) is 21.0. The number of hydrogen-bond acceptors (Lipinski definition) is 5. The third-order valence-electron chi connectivity index (χ3n) is 4.75. The Labute approximate surface area is 171 Å². The molecule has 29 heavy (non-hydrogen) atoms. The highest BCUT2D eigenvalue weighted by Crippen LogP contribution is 2.22. The molecule has 0 unspecified atom stereocenters. The van der Waals surface area contributed by atoms with Gasteiger partial charge in [0.2, 0.25) is 11.7 Å². The van der Waals surface area contributed by atoms with E-state index >= 15 is 0 Å². The van der Waals surface area contributed by atoms with Crippen LogP contribution in [0.25, 0.3) is 11.4 Å². The molecular formula is C23H27N3O3. The molecular weight excluding hydrogens is 366 g/mol. The molecule has 1 heterocycles. The fourth-order valence-corrected chi connectivity index (χ4v) is 3.04. The number of carbonyl (C=O) groups excluding carboxylic acids is 1. The summed E-state index contributed by atoms with van der Waals surface area (Å²) in [5.74, 6) is 1.52. The van der Waals surface area contributed by atoms with Crippen molar-refractivity contribution in [3.63, 3.8) is 0 Å². The molecule has 0 bridgehead atoms. The van der Waals surface area contributed by atoms with Crippen molar-refractivity contribution in [2.45, 2.75) is 46.8 Å². The molecule has 6 nitrogen and oxygen atoms in total. The van der Waals surface area contributed by atoms with Crippen molar-refractivity contribution < 1.29 is 14.1 Å².